The minimum Gasteiger partial charge on any atom is -0.468 e. The van der Waals surface area contributed by atoms with Crippen LogP contribution in [0.3, 0.4) is 0 Å². The molecule has 4 nitrogen and oxygen atoms in total. The molecule has 0 saturated heterocycles. The summed E-state index contributed by atoms with van der Waals surface area (Å²) >= 11 is 6.52. The number of rotatable bonds is 8. The van der Waals surface area contributed by atoms with Crippen LogP contribution in [-0.2, 0) is 19.1 Å². The first-order chi connectivity index (χ1) is 8.02. The molecular weight excluding hydrogens is 356 g/mol. The Morgan fingerprint density at radius 2 is 1.24 bits per heavy atom. The van der Waals surface area contributed by atoms with Gasteiger partial charge in [0.15, 0.2) is 0 Å². The van der Waals surface area contributed by atoms with Gasteiger partial charge in [-0.15, -0.1) is 0 Å². The van der Waals surface area contributed by atoms with Crippen LogP contribution in [0.15, 0.2) is 0 Å². The number of hydrogen-bond donors (Lipinski definition) is 0. The van der Waals surface area contributed by atoms with Gasteiger partial charge in [-0.1, -0.05) is 51.1 Å². The van der Waals surface area contributed by atoms with Gasteiger partial charge >= 0.3 is 11.9 Å². The molecule has 0 amide bonds. The minimum atomic E-state index is -0.238. The molecule has 100 valence electrons. The highest BCUT2D eigenvalue weighted by Crippen LogP contribution is 2.16. The number of hydrogen-bond acceptors (Lipinski definition) is 4. The Balaban J connectivity index is 3.53. The second-order valence-corrected chi connectivity index (χ2v) is 5.83. The van der Waals surface area contributed by atoms with Gasteiger partial charge in [0.2, 0.25) is 0 Å². The summed E-state index contributed by atoms with van der Waals surface area (Å²) < 4.78 is 9.20. The maximum atomic E-state index is 11.1. The molecule has 0 heterocycles. The fourth-order valence-corrected chi connectivity index (χ4v) is 2.34. The van der Waals surface area contributed by atoms with E-state index in [0.717, 1.165) is 32.1 Å². The molecule has 0 radical (unpaired) electrons. The zero-order chi connectivity index (χ0) is 13.3. The lowest BCUT2D eigenvalue weighted by Gasteiger charge is -2.08. The molecule has 0 spiro atoms. The highest BCUT2D eigenvalue weighted by Gasteiger charge is 2.16. The summed E-state index contributed by atoms with van der Waals surface area (Å²) in [4.78, 5) is 21.7. The van der Waals surface area contributed by atoms with Crippen LogP contribution in [0.25, 0.3) is 0 Å². The van der Waals surface area contributed by atoms with Crippen molar-refractivity contribution in [2.24, 2.45) is 0 Å². The largest absolute Gasteiger partial charge is 0.468 e. The molecule has 0 fully saturated rings. The van der Waals surface area contributed by atoms with E-state index in [1.54, 1.807) is 0 Å². The molecule has 0 saturated carbocycles. The lowest BCUT2D eigenvalue weighted by Crippen LogP contribution is -2.16. The van der Waals surface area contributed by atoms with Gasteiger partial charge in [0.1, 0.15) is 9.65 Å². The molecular formula is C11H18Br2O4. The molecule has 0 N–H and O–H groups in total. The Kier molecular flexibility index (Phi) is 9.82. The van der Waals surface area contributed by atoms with Crippen molar-refractivity contribution >= 4 is 43.8 Å². The Morgan fingerprint density at radius 1 is 0.882 bits per heavy atom. The monoisotopic (exact) mass is 372 g/mol. The minimum absolute atomic E-state index is 0.229. The lowest BCUT2D eigenvalue weighted by atomic mass is 10.1. The molecule has 0 aromatic carbocycles. The maximum absolute atomic E-state index is 11.1. The quantitative estimate of drug-likeness (QED) is 0.373. The van der Waals surface area contributed by atoms with Crippen molar-refractivity contribution < 1.29 is 19.1 Å². The van der Waals surface area contributed by atoms with E-state index in [2.05, 4.69) is 41.3 Å². The summed E-state index contributed by atoms with van der Waals surface area (Å²) in [6.45, 7) is 0. The van der Waals surface area contributed by atoms with Crippen LogP contribution < -0.4 is 0 Å². The Hall–Kier alpha value is -0.100. The smallest absolute Gasteiger partial charge is 0.319 e. The second kappa shape index (κ2) is 9.88. The van der Waals surface area contributed by atoms with E-state index in [0.29, 0.717) is 0 Å². The lowest BCUT2D eigenvalue weighted by molar-refractivity contribution is -0.140. The van der Waals surface area contributed by atoms with Gasteiger partial charge in [-0.25, -0.2) is 0 Å². The Bertz CT molecular complexity index is 222. The van der Waals surface area contributed by atoms with E-state index in [9.17, 15) is 9.59 Å². The van der Waals surface area contributed by atoms with Crippen LogP contribution in [0, 0.1) is 0 Å². The number of carbonyl (C=O) groups is 2. The molecule has 2 unspecified atom stereocenters. The number of esters is 2. The van der Waals surface area contributed by atoms with Crippen LogP contribution >= 0.6 is 31.9 Å². The van der Waals surface area contributed by atoms with E-state index >= 15 is 0 Å². The fraction of sp³-hybridized carbons (Fsp3) is 0.818. The molecule has 0 aliphatic carbocycles. The summed E-state index contributed by atoms with van der Waals surface area (Å²) in [7, 11) is 2.75. The SMILES string of the molecule is COC(=O)C(Br)CCCCCC(Br)C(=O)OC. The third kappa shape index (κ3) is 7.76. The van der Waals surface area contributed by atoms with Crippen molar-refractivity contribution in [1.82, 2.24) is 0 Å². The van der Waals surface area contributed by atoms with Crippen molar-refractivity contribution in [2.75, 3.05) is 14.2 Å². The van der Waals surface area contributed by atoms with Crippen LogP contribution in [0.4, 0.5) is 0 Å². The molecule has 6 heteroatoms. The zero-order valence-electron chi connectivity index (χ0n) is 10.1. The van der Waals surface area contributed by atoms with Crippen molar-refractivity contribution in [3.8, 4) is 0 Å². The molecule has 0 bridgehead atoms. The summed E-state index contributed by atoms with van der Waals surface area (Å²) in [5, 5.41) is 0. The van der Waals surface area contributed by atoms with Crippen LogP contribution in [-0.4, -0.2) is 35.8 Å². The predicted octanol–water partition coefficient (Wildman–Crippen LogP) is 2.81. The normalized spacial score (nSPS) is 13.9. The van der Waals surface area contributed by atoms with Gasteiger partial charge in [-0.2, -0.15) is 0 Å². The number of methoxy groups -OCH3 is 2. The molecule has 2 atom stereocenters. The molecule has 0 rings (SSSR count). The summed E-state index contributed by atoms with van der Waals surface area (Å²) in [6.07, 6.45) is 4.31. The first-order valence-electron chi connectivity index (χ1n) is 5.46. The van der Waals surface area contributed by atoms with E-state index < -0.39 is 0 Å². The number of ether oxygens (including phenoxy) is 2. The number of halogens is 2. The zero-order valence-corrected chi connectivity index (χ0v) is 13.3. The third-order valence-electron chi connectivity index (χ3n) is 2.33. The second-order valence-electron chi connectivity index (χ2n) is 3.62. The first-order valence-corrected chi connectivity index (χ1v) is 7.29. The van der Waals surface area contributed by atoms with Crippen molar-refractivity contribution in [3.05, 3.63) is 0 Å². The van der Waals surface area contributed by atoms with Crippen LogP contribution in [0.5, 0.6) is 0 Å². The summed E-state index contributed by atoms with van der Waals surface area (Å²) in [5.41, 5.74) is 0. The van der Waals surface area contributed by atoms with Crippen molar-refractivity contribution in [2.45, 2.75) is 41.8 Å². The number of unbranched alkanes of at least 4 members (excludes halogenated alkanes) is 2. The molecule has 0 aliphatic rings. The fourth-order valence-electron chi connectivity index (χ4n) is 1.32. The van der Waals surface area contributed by atoms with Gasteiger partial charge < -0.3 is 9.47 Å². The predicted molar refractivity (Wildman–Crippen MR) is 72.5 cm³/mol. The first kappa shape index (κ1) is 16.9. The van der Waals surface area contributed by atoms with E-state index in [4.69, 9.17) is 0 Å². The summed E-state index contributed by atoms with van der Waals surface area (Å²) in [6, 6.07) is 0. The standard InChI is InChI=1S/C11H18Br2O4/c1-16-10(14)8(12)6-4-3-5-7-9(13)11(15)17-2/h8-9H,3-7H2,1-2H3. The number of alkyl halides is 2. The molecule has 0 aromatic rings. The van der Waals surface area contributed by atoms with Crippen LogP contribution in [0.2, 0.25) is 0 Å². The van der Waals surface area contributed by atoms with E-state index in [-0.39, 0.29) is 21.6 Å². The average molecular weight is 374 g/mol. The number of carbonyl (C=O) groups excluding carboxylic acids is 2. The third-order valence-corrected chi connectivity index (χ3v) is 3.99. The highest BCUT2D eigenvalue weighted by molar-refractivity contribution is 9.10. The van der Waals surface area contributed by atoms with Gasteiger partial charge in [0, 0.05) is 0 Å². The molecule has 0 aliphatic heterocycles. The van der Waals surface area contributed by atoms with Gasteiger partial charge in [0.25, 0.3) is 0 Å². The van der Waals surface area contributed by atoms with Gasteiger partial charge in [0.05, 0.1) is 14.2 Å². The van der Waals surface area contributed by atoms with E-state index in [1.165, 1.54) is 14.2 Å². The Morgan fingerprint density at radius 3 is 1.53 bits per heavy atom. The average Bonchev–Trinajstić information content (AvgIpc) is 2.35. The molecule has 17 heavy (non-hydrogen) atoms. The molecule has 0 aromatic heterocycles. The summed E-state index contributed by atoms with van der Waals surface area (Å²) in [5.74, 6) is -0.476. The van der Waals surface area contributed by atoms with Crippen molar-refractivity contribution in [1.29, 1.82) is 0 Å². The highest BCUT2D eigenvalue weighted by atomic mass is 79.9. The van der Waals surface area contributed by atoms with Gasteiger partial charge in [-0.05, 0) is 12.8 Å². The van der Waals surface area contributed by atoms with E-state index in [1.807, 2.05) is 0 Å². The van der Waals surface area contributed by atoms with Gasteiger partial charge in [-0.3, -0.25) is 9.59 Å². The van der Waals surface area contributed by atoms with Crippen molar-refractivity contribution in [3.63, 3.8) is 0 Å². The maximum Gasteiger partial charge on any atom is 0.319 e. The topological polar surface area (TPSA) is 52.6 Å². The Labute approximate surface area is 119 Å². The van der Waals surface area contributed by atoms with Crippen LogP contribution in [0.1, 0.15) is 32.1 Å².